The maximum Gasteiger partial charge on any atom is 0.276 e. The standard InChI is InChI=1S/C22H22N4O4S/c1-3-30-18-10-6-16(7-11-18)25-12-13-26-20(21(25)28)23-24-22(26)31-14-19(27)15-4-8-17(29-2)9-5-15/h4-13,20,23H,3,14H2,1-2H3. The fourth-order valence-electron chi connectivity index (χ4n) is 3.19. The van der Waals surface area contributed by atoms with Crippen LogP contribution in [-0.4, -0.2) is 47.4 Å². The third kappa shape index (κ3) is 4.36. The number of methoxy groups -OCH3 is 1. The van der Waals surface area contributed by atoms with Gasteiger partial charge in [0.2, 0.25) is 6.17 Å². The Labute approximate surface area is 184 Å². The van der Waals surface area contributed by atoms with Gasteiger partial charge in [-0.25, -0.2) is 0 Å². The first-order valence-corrected chi connectivity index (χ1v) is 10.7. The van der Waals surface area contributed by atoms with E-state index in [1.54, 1.807) is 53.6 Å². The summed E-state index contributed by atoms with van der Waals surface area (Å²) in [5, 5.41) is 4.83. The van der Waals surface area contributed by atoms with Crippen LogP contribution in [0.4, 0.5) is 5.69 Å². The van der Waals surface area contributed by atoms with Gasteiger partial charge in [0.1, 0.15) is 11.5 Å². The summed E-state index contributed by atoms with van der Waals surface area (Å²) in [5.41, 5.74) is 4.20. The number of amides is 1. The number of anilines is 1. The second-order valence-corrected chi connectivity index (χ2v) is 7.65. The number of amidine groups is 1. The van der Waals surface area contributed by atoms with Crippen LogP contribution in [0.15, 0.2) is 66.0 Å². The van der Waals surface area contributed by atoms with Gasteiger partial charge in [-0.05, 0) is 55.5 Å². The number of hydrazone groups is 1. The molecule has 1 N–H and O–H groups in total. The quantitative estimate of drug-likeness (QED) is 0.665. The Morgan fingerprint density at radius 1 is 1.10 bits per heavy atom. The molecule has 0 saturated carbocycles. The van der Waals surface area contributed by atoms with Crippen LogP contribution in [0.2, 0.25) is 0 Å². The van der Waals surface area contributed by atoms with E-state index in [2.05, 4.69) is 10.5 Å². The summed E-state index contributed by atoms with van der Waals surface area (Å²) in [6.07, 6.45) is 2.84. The predicted molar refractivity (Wildman–Crippen MR) is 120 cm³/mol. The molecular weight excluding hydrogens is 416 g/mol. The average molecular weight is 439 g/mol. The van der Waals surface area contributed by atoms with Crippen LogP contribution in [-0.2, 0) is 4.79 Å². The maximum atomic E-state index is 13.0. The number of hydrogen-bond donors (Lipinski definition) is 1. The van der Waals surface area contributed by atoms with Crippen molar-refractivity contribution in [2.24, 2.45) is 5.10 Å². The van der Waals surface area contributed by atoms with E-state index in [0.29, 0.717) is 23.1 Å². The molecule has 2 aliphatic rings. The largest absolute Gasteiger partial charge is 0.497 e. The van der Waals surface area contributed by atoms with Crippen molar-refractivity contribution in [2.45, 2.75) is 13.1 Å². The topological polar surface area (TPSA) is 83.5 Å². The number of hydrogen-bond acceptors (Lipinski definition) is 8. The van der Waals surface area contributed by atoms with Crippen molar-refractivity contribution in [3.8, 4) is 11.5 Å². The van der Waals surface area contributed by atoms with E-state index in [-0.39, 0.29) is 17.4 Å². The third-order valence-corrected chi connectivity index (χ3v) is 5.77. The molecule has 31 heavy (non-hydrogen) atoms. The van der Waals surface area contributed by atoms with E-state index in [9.17, 15) is 9.59 Å². The van der Waals surface area contributed by atoms with Crippen molar-refractivity contribution in [1.82, 2.24) is 10.3 Å². The Morgan fingerprint density at radius 2 is 1.81 bits per heavy atom. The van der Waals surface area contributed by atoms with Gasteiger partial charge in [0, 0.05) is 23.7 Å². The number of nitrogens with zero attached hydrogens (tertiary/aromatic N) is 3. The molecular formula is C22H22N4O4S. The maximum absolute atomic E-state index is 13.0. The van der Waals surface area contributed by atoms with Crippen LogP contribution in [0.1, 0.15) is 17.3 Å². The number of Topliss-reactive ketones (excluding diaryl/α,β-unsaturated/α-hetero) is 1. The van der Waals surface area contributed by atoms with Gasteiger partial charge in [-0.3, -0.25) is 24.8 Å². The lowest BCUT2D eigenvalue weighted by atomic mass is 10.1. The molecule has 2 aromatic rings. The van der Waals surface area contributed by atoms with Crippen molar-refractivity contribution in [1.29, 1.82) is 0 Å². The number of nitrogens with one attached hydrogen (secondary N) is 1. The highest BCUT2D eigenvalue weighted by molar-refractivity contribution is 8.14. The zero-order valence-corrected chi connectivity index (χ0v) is 18.0. The predicted octanol–water partition coefficient (Wildman–Crippen LogP) is 3.03. The van der Waals surface area contributed by atoms with Crippen molar-refractivity contribution in [3.63, 3.8) is 0 Å². The molecule has 1 unspecified atom stereocenters. The Bertz CT molecular complexity index is 1020. The summed E-state index contributed by atoms with van der Waals surface area (Å²) in [5.74, 6) is 1.48. The molecule has 2 aliphatic heterocycles. The monoisotopic (exact) mass is 438 g/mol. The van der Waals surface area contributed by atoms with Gasteiger partial charge in [-0.15, -0.1) is 0 Å². The minimum atomic E-state index is -0.643. The number of ether oxygens (including phenoxy) is 2. The molecule has 0 aliphatic carbocycles. The second kappa shape index (κ2) is 9.13. The average Bonchev–Trinajstić information content (AvgIpc) is 3.22. The normalized spacial score (nSPS) is 17.2. The number of carbonyl (C=O) groups is 2. The summed E-state index contributed by atoms with van der Waals surface area (Å²) in [4.78, 5) is 28.7. The Balaban J connectivity index is 1.39. The number of ketones is 1. The first kappa shape index (κ1) is 20.8. The van der Waals surface area contributed by atoms with E-state index in [0.717, 1.165) is 11.4 Å². The Kier molecular flexibility index (Phi) is 6.13. The molecule has 0 saturated heterocycles. The van der Waals surface area contributed by atoms with Crippen LogP contribution < -0.4 is 19.8 Å². The van der Waals surface area contributed by atoms with Gasteiger partial charge in [0.25, 0.3) is 5.91 Å². The molecule has 9 heteroatoms. The molecule has 0 radical (unpaired) electrons. The van der Waals surface area contributed by atoms with Gasteiger partial charge < -0.3 is 9.47 Å². The van der Waals surface area contributed by atoms with Gasteiger partial charge in [0.15, 0.2) is 11.0 Å². The lowest BCUT2D eigenvalue weighted by Crippen LogP contribution is -2.52. The van der Waals surface area contributed by atoms with Crippen LogP contribution in [0.25, 0.3) is 0 Å². The van der Waals surface area contributed by atoms with Gasteiger partial charge in [-0.2, -0.15) is 5.10 Å². The lowest BCUT2D eigenvalue weighted by Gasteiger charge is -2.31. The van der Waals surface area contributed by atoms with Gasteiger partial charge >= 0.3 is 0 Å². The number of thioether (sulfide) groups is 1. The van der Waals surface area contributed by atoms with Crippen molar-refractivity contribution < 1.29 is 19.1 Å². The molecule has 0 spiro atoms. The minimum absolute atomic E-state index is 0.0258. The number of benzene rings is 2. The van der Waals surface area contributed by atoms with Crippen LogP contribution >= 0.6 is 11.8 Å². The zero-order valence-electron chi connectivity index (χ0n) is 17.1. The molecule has 2 aromatic carbocycles. The second-order valence-electron chi connectivity index (χ2n) is 6.71. The zero-order chi connectivity index (χ0) is 21.8. The van der Waals surface area contributed by atoms with E-state index in [4.69, 9.17) is 9.47 Å². The smallest absolute Gasteiger partial charge is 0.276 e. The van der Waals surface area contributed by atoms with Crippen LogP contribution in [0.3, 0.4) is 0 Å². The van der Waals surface area contributed by atoms with E-state index in [1.807, 2.05) is 31.2 Å². The summed E-state index contributed by atoms with van der Waals surface area (Å²) in [6.45, 7) is 2.51. The number of fused-ring (bicyclic) bond motifs is 1. The molecule has 8 nitrogen and oxygen atoms in total. The van der Waals surface area contributed by atoms with E-state index in [1.165, 1.54) is 11.8 Å². The molecule has 0 aromatic heterocycles. The van der Waals surface area contributed by atoms with Gasteiger partial charge in [-0.1, -0.05) is 11.8 Å². The molecule has 2 heterocycles. The summed E-state index contributed by atoms with van der Waals surface area (Å²) < 4.78 is 10.6. The SMILES string of the molecule is CCOc1ccc(N2C=CN3C(SCC(=O)c4ccc(OC)cc4)=NNC3C2=O)cc1. The van der Waals surface area contributed by atoms with Crippen molar-refractivity contribution in [3.05, 3.63) is 66.5 Å². The molecule has 1 atom stereocenters. The number of rotatable bonds is 7. The highest BCUT2D eigenvalue weighted by Gasteiger charge is 2.38. The first-order chi connectivity index (χ1) is 15.1. The fourth-order valence-corrected chi connectivity index (χ4v) is 4.05. The molecule has 0 bridgehead atoms. The highest BCUT2D eigenvalue weighted by Crippen LogP contribution is 2.27. The summed E-state index contributed by atoms with van der Waals surface area (Å²) in [7, 11) is 1.58. The molecule has 0 fully saturated rings. The Hall–Kier alpha value is -3.46. The van der Waals surface area contributed by atoms with Crippen LogP contribution in [0.5, 0.6) is 11.5 Å². The summed E-state index contributed by atoms with van der Waals surface area (Å²) in [6, 6.07) is 14.3. The van der Waals surface area contributed by atoms with Crippen molar-refractivity contribution >= 4 is 34.3 Å². The molecule has 160 valence electrons. The van der Waals surface area contributed by atoms with Gasteiger partial charge in [0.05, 0.1) is 19.5 Å². The summed E-state index contributed by atoms with van der Waals surface area (Å²) >= 11 is 1.28. The third-order valence-electron chi connectivity index (χ3n) is 4.80. The first-order valence-electron chi connectivity index (χ1n) is 9.76. The van der Waals surface area contributed by atoms with E-state index < -0.39 is 6.17 Å². The Morgan fingerprint density at radius 3 is 2.48 bits per heavy atom. The molecule has 4 rings (SSSR count). The molecule has 1 amide bonds. The minimum Gasteiger partial charge on any atom is -0.497 e. The lowest BCUT2D eigenvalue weighted by molar-refractivity contribution is -0.122. The number of carbonyl (C=O) groups excluding carboxylic acids is 2. The van der Waals surface area contributed by atoms with Crippen LogP contribution in [0, 0.1) is 0 Å². The fraction of sp³-hybridized carbons (Fsp3) is 0.227. The van der Waals surface area contributed by atoms with Crippen molar-refractivity contribution in [2.75, 3.05) is 24.4 Å². The van der Waals surface area contributed by atoms with E-state index >= 15 is 0 Å². The highest BCUT2D eigenvalue weighted by atomic mass is 32.2.